The van der Waals surface area contributed by atoms with Gasteiger partial charge in [0.25, 0.3) is 5.91 Å². The lowest BCUT2D eigenvalue weighted by Gasteiger charge is -2.24. The molecule has 0 radical (unpaired) electrons. The average Bonchev–Trinajstić information content (AvgIpc) is 2.79. The number of hydrogen-bond donors (Lipinski definition) is 1. The molecular weight excluding hydrogens is 386 g/mol. The molecule has 0 spiro atoms. The van der Waals surface area contributed by atoms with Crippen molar-refractivity contribution >= 4 is 23.4 Å². The molecule has 1 aliphatic heterocycles. The monoisotopic (exact) mass is 411 g/mol. The van der Waals surface area contributed by atoms with Gasteiger partial charge in [-0.1, -0.05) is 6.07 Å². The number of benzene rings is 2. The van der Waals surface area contributed by atoms with Crippen molar-refractivity contribution in [1.82, 2.24) is 5.01 Å². The van der Waals surface area contributed by atoms with Gasteiger partial charge in [0.2, 0.25) is 0 Å². The summed E-state index contributed by atoms with van der Waals surface area (Å²) in [6.07, 6.45) is 0.953. The van der Waals surface area contributed by atoms with E-state index < -0.39 is 6.09 Å². The van der Waals surface area contributed by atoms with Gasteiger partial charge in [-0.2, -0.15) is 5.10 Å². The highest BCUT2D eigenvalue weighted by molar-refractivity contribution is 6.03. The minimum absolute atomic E-state index is 0.237. The third-order valence-electron chi connectivity index (χ3n) is 4.60. The van der Waals surface area contributed by atoms with Gasteiger partial charge in [0.05, 0.1) is 26.5 Å². The zero-order chi connectivity index (χ0) is 21.5. The predicted molar refractivity (Wildman–Crippen MR) is 113 cm³/mol. The van der Waals surface area contributed by atoms with Gasteiger partial charge in [0.1, 0.15) is 0 Å². The fourth-order valence-corrected chi connectivity index (χ4v) is 3.16. The lowest BCUT2D eigenvalue weighted by atomic mass is 10.0. The van der Waals surface area contributed by atoms with Crippen LogP contribution in [0.2, 0.25) is 0 Å². The first-order chi connectivity index (χ1) is 14.5. The number of ether oxygens (including phenoxy) is 3. The van der Waals surface area contributed by atoms with Crippen molar-refractivity contribution in [3.63, 3.8) is 0 Å². The zero-order valence-corrected chi connectivity index (χ0v) is 17.3. The predicted octanol–water partition coefficient (Wildman–Crippen LogP) is 3.91. The maximum Gasteiger partial charge on any atom is 0.411 e. The average molecular weight is 411 g/mol. The molecule has 1 N–H and O–H groups in total. The van der Waals surface area contributed by atoms with E-state index in [-0.39, 0.29) is 5.91 Å². The molecule has 0 fully saturated rings. The van der Waals surface area contributed by atoms with Gasteiger partial charge < -0.3 is 14.2 Å². The standard InChI is InChI=1S/C22H25N3O5/c1-4-30-20-14-15(10-11-19(20)28-2)18-9-6-12-25(24-18)21(26)16-7-5-8-17(13-16)23-22(27)29-3/h5,7-8,10-11,13-14H,4,6,9,12H2,1-3H3,(H,23,27). The molecular formula is C22H25N3O5. The van der Waals surface area contributed by atoms with Crippen molar-refractivity contribution < 1.29 is 23.8 Å². The number of amides is 2. The van der Waals surface area contributed by atoms with Crippen molar-refractivity contribution in [2.75, 3.05) is 32.7 Å². The van der Waals surface area contributed by atoms with Crippen LogP contribution in [0.4, 0.5) is 10.5 Å². The summed E-state index contributed by atoms with van der Waals surface area (Å²) in [6.45, 7) is 2.95. The molecule has 158 valence electrons. The number of hydrogen-bond acceptors (Lipinski definition) is 6. The van der Waals surface area contributed by atoms with E-state index in [1.54, 1.807) is 31.4 Å². The molecule has 3 rings (SSSR count). The Labute approximate surface area is 175 Å². The van der Waals surface area contributed by atoms with E-state index in [1.807, 2.05) is 25.1 Å². The van der Waals surface area contributed by atoms with Crippen molar-refractivity contribution in [2.45, 2.75) is 19.8 Å². The highest BCUT2D eigenvalue weighted by Crippen LogP contribution is 2.29. The van der Waals surface area contributed by atoms with Gasteiger partial charge in [0, 0.05) is 23.4 Å². The number of hydrazone groups is 1. The largest absolute Gasteiger partial charge is 0.493 e. The summed E-state index contributed by atoms with van der Waals surface area (Å²) >= 11 is 0. The van der Waals surface area contributed by atoms with Crippen LogP contribution in [0.3, 0.4) is 0 Å². The molecule has 0 saturated heterocycles. The Hall–Kier alpha value is -3.55. The Balaban J connectivity index is 1.83. The van der Waals surface area contributed by atoms with Crippen molar-refractivity contribution in [3.05, 3.63) is 53.6 Å². The van der Waals surface area contributed by atoms with Crippen LogP contribution in [0.1, 0.15) is 35.7 Å². The second kappa shape index (κ2) is 9.78. The molecule has 0 atom stereocenters. The molecule has 0 aromatic heterocycles. The number of methoxy groups -OCH3 is 2. The van der Waals surface area contributed by atoms with E-state index >= 15 is 0 Å². The fourth-order valence-electron chi connectivity index (χ4n) is 3.16. The molecule has 8 heteroatoms. The van der Waals surface area contributed by atoms with Crippen LogP contribution in [-0.4, -0.2) is 50.1 Å². The number of carbonyl (C=O) groups is 2. The molecule has 8 nitrogen and oxygen atoms in total. The molecule has 0 saturated carbocycles. The smallest absolute Gasteiger partial charge is 0.411 e. The van der Waals surface area contributed by atoms with Gasteiger partial charge in [-0.15, -0.1) is 0 Å². The Morgan fingerprint density at radius 2 is 1.97 bits per heavy atom. The number of carbonyl (C=O) groups excluding carboxylic acids is 2. The van der Waals surface area contributed by atoms with Crippen LogP contribution < -0.4 is 14.8 Å². The highest BCUT2D eigenvalue weighted by atomic mass is 16.5. The number of anilines is 1. The summed E-state index contributed by atoms with van der Waals surface area (Å²) in [7, 11) is 2.88. The molecule has 0 bridgehead atoms. The SMILES string of the molecule is CCOc1cc(C2=NN(C(=O)c3cccc(NC(=O)OC)c3)CCC2)ccc1OC. The van der Waals surface area contributed by atoms with Crippen molar-refractivity contribution in [2.24, 2.45) is 5.10 Å². The Kier molecular flexibility index (Phi) is 6.90. The third-order valence-corrected chi connectivity index (χ3v) is 4.60. The zero-order valence-electron chi connectivity index (χ0n) is 17.3. The number of nitrogens with one attached hydrogen (secondary N) is 1. The molecule has 0 aliphatic carbocycles. The first-order valence-electron chi connectivity index (χ1n) is 9.71. The molecule has 2 aromatic carbocycles. The van der Waals surface area contributed by atoms with Gasteiger partial charge >= 0.3 is 6.09 Å². The van der Waals surface area contributed by atoms with E-state index in [4.69, 9.17) is 9.47 Å². The Bertz CT molecular complexity index is 958. The molecule has 1 heterocycles. The van der Waals surface area contributed by atoms with Gasteiger partial charge in [-0.25, -0.2) is 9.80 Å². The van der Waals surface area contributed by atoms with E-state index in [0.29, 0.717) is 35.9 Å². The second-order valence-corrected chi connectivity index (χ2v) is 6.57. The number of nitrogens with zero attached hydrogens (tertiary/aromatic N) is 2. The summed E-state index contributed by atoms with van der Waals surface area (Å²) in [4.78, 5) is 24.4. The van der Waals surface area contributed by atoms with E-state index in [0.717, 1.165) is 24.1 Å². The summed E-state index contributed by atoms with van der Waals surface area (Å²) in [6, 6.07) is 12.3. The van der Waals surface area contributed by atoms with Crippen LogP contribution >= 0.6 is 0 Å². The van der Waals surface area contributed by atoms with Crippen molar-refractivity contribution in [3.8, 4) is 11.5 Å². The van der Waals surface area contributed by atoms with Crippen LogP contribution in [-0.2, 0) is 4.74 Å². The molecule has 0 unspecified atom stereocenters. The van der Waals surface area contributed by atoms with Crippen LogP contribution in [0, 0.1) is 0 Å². The molecule has 30 heavy (non-hydrogen) atoms. The quantitative estimate of drug-likeness (QED) is 0.778. The van der Waals surface area contributed by atoms with Gasteiger partial charge in [0.15, 0.2) is 11.5 Å². The lowest BCUT2D eigenvalue weighted by molar-refractivity contribution is 0.0751. The van der Waals surface area contributed by atoms with Crippen LogP contribution in [0.5, 0.6) is 11.5 Å². The normalized spacial score (nSPS) is 13.3. The van der Waals surface area contributed by atoms with Gasteiger partial charge in [-0.3, -0.25) is 10.1 Å². The number of rotatable bonds is 6. The fraction of sp³-hybridized carbons (Fsp3) is 0.318. The maximum absolute atomic E-state index is 13.0. The van der Waals surface area contributed by atoms with E-state index in [9.17, 15) is 9.59 Å². The lowest BCUT2D eigenvalue weighted by Crippen LogP contribution is -2.32. The molecule has 2 aromatic rings. The Morgan fingerprint density at radius 1 is 1.13 bits per heavy atom. The summed E-state index contributed by atoms with van der Waals surface area (Å²) < 4.78 is 15.6. The third kappa shape index (κ3) is 4.89. The summed E-state index contributed by atoms with van der Waals surface area (Å²) in [5.74, 6) is 1.06. The Morgan fingerprint density at radius 3 is 2.70 bits per heavy atom. The van der Waals surface area contributed by atoms with E-state index in [1.165, 1.54) is 12.1 Å². The second-order valence-electron chi connectivity index (χ2n) is 6.57. The molecule has 2 amide bonds. The first-order valence-corrected chi connectivity index (χ1v) is 9.71. The summed E-state index contributed by atoms with van der Waals surface area (Å²) in [5.41, 5.74) is 2.60. The van der Waals surface area contributed by atoms with Crippen LogP contribution in [0.15, 0.2) is 47.6 Å². The van der Waals surface area contributed by atoms with E-state index in [2.05, 4.69) is 15.2 Å². The maximum atomic E-state index is 13.0. The minimum Gasteiger partial charge on any atom is -0.493 e. The highest BCUT2D eigenvalue weighted by Gasteiger charge is 2.22. The molecule has 1 aliphatic rings. The first kappa shape index (κ1) is 21.2. The topological polar surface area (TPSA) is 89.5 Å². The summed E-state index contributed by atoms with van der Waals surface area (Å²) in [5, 5.41) is 8.60. The minimum atomic E-state index is -0.595. The van der Waals surface area contributed by atoms with Crippen LogP contribution in [0.25, 0.3) is 0 Å². The van der Waals surface area contributed by atoms with Crippen molar-refractivity contribution in [1.29, 1.82) is 0 Å². The van der Waals surface area contributed by atoms with Gasteiger partial charge in [-0.05, 0) is 56.2 Å².